The number of hydrogen-bond donors (Lipinski definition) is 0. The van der Waals surface area contributed by atoms with E-state index in [1.54, 1.807) is 17.5 Å². The predicted octanol–water partition coefficient (Wildman–Crippen LogP) is 6.82. The molecular formula is C34H31N3O3S. The number of ether oxygens (including phenoxy) is 2. The molecule has 0 aliphatic carbocycles. The number of thiazole rings is 1. The Morgan fingerprint density at radius 2 is 1.73 bits per heavy atom. The van der Waals surface area contributed by atoms with Crippen molar-refractivity contribution >= 4 is 17.2 Å². The van der Waals surface area contributed by atoms with Gasteiger partial charge in [-0.15, -0.1) is 11.3 Å². The molecule has 2 bridgehead atoms. The number of carbonyl (C=O) groups excluding carboxylic acids is 1. The highest BCUT2D eigenvalue weighted by molar-refractivity contribution is 7.09. The maximum atomic E-state index is 13.6. The molecule has 0 spiro atoms. The lowest BCUT2D eigenvalue weighted by atomic mass is 9.98. The second kappa shape index (κ2) is 12.5. The summed E-state index contributed by atoms with van der Waals surface area (Å²) in [5, 5.41) is 3.07. The lowest BCUT2D eigenvalue weighted by molar-refractivity contribution is 0.0571. The summed E-state index contributed by atoms with van der Waals surface area (Å²) in [4.78, 5) is 24.3. The molecule has 1 aliphatic heterocycles. The maximum Gasteiger partial charge on any atom is 0.254 e. The third-order valence-corrected chi connectivity index (χ3v) is 7.91. The fourth-order valence-corrected chi connectivity index (χ4v) is 5.67. The van der Waals surface area contributed by atoms with Gasteiger partial charge in [-0.25, -0.2) is 4.98 Å². The summed E-state index contributed by atoms with van der Waals surface area (Å²) in [7, 11) is 0. The Kier molecular flexibility index (Phi) is 8.16. The Balaban J connectivity index is 1.25. The molecule has 3 heterocycles. The number of nitrogens with zero attached hydrogens (tertiary/aromatic N) is 3. The molecule has 5 aromatic rings. The molecule has 0 unspecified atom stereocenters. The van der Waals surface area contributed by atoms with Crippen LogP contribution in [0.25, 0.3) is 22.4 Å². The van der Waals surface area contributed by atoms with Crippen LogP contribution in [0.4, 0.5) is 0 Å². The number of aromatic nitrogens is 2. The highest BCUT2D eigenvalue weighted by atomic mass is 32.1. The van der Waals surface area contributed by atoms with E-state index in [9.17, 15) is 4.79 Å². The summed E-state index contributed by atoms with van der Waals surface area (Å²) < 4.78 is 12.1. The second-order valence-corrected chi connectivity index (χ2v) is 11.1. The average molecular weight is 562 g/mol. The van der Waals surface area contributed by atoms with Crippen LogP contribution < -0.4 is 4.74 Å². The van der Waals surface area contributed by atoms with Gasteiger partial charge in [-0.3, -0.25) is 9.78 Å². The first-order valence-corrected chi connectivity index (χ1v) is 14.6. The van der Waals surface area contributed by atoms with Gasteiger partial charge in [0.25, 0.3) is 5.91 Å². The third-order valence-electron chi connectivity index (χ3n) is 7.14. The smallest absolute Gasteiger partial charge is 0.254 e. The molecule has 0 saturated carbocycles. The van der Waals surface area contributed by atoms with Gasteiger partial charge in [0.15, 0.2) is 0 Å². The van der Waals surface area contributed by atoms with E-state index in [1.807, 2.05) is 59.8 Å². The summed E-state index contributed by atoms with van der Waals surface area (Å²) in [5.74, 6) is 0.839. The number of pyridine rings is 1. The van der Waals surface area contributed by atoms with E-state index in [2.05, 4.69) is 52.4 Å². The molecule has 1 amide bonds. The van der Waals surface area contributed by atoms with Gasteiger partial charge in [-0.2, -0.15) is 0 Å². The molecule has 3 aromatic carbocycles. The average Bonchev–Trinajstić information content (AvgIpc) is 3.45. The molecule has 0 radical (unpaired) electrons. The molecule has 6 nitrogen and oxygen atoms in total. The molecule has 206 valence electrons. The van der Waals surface area contributed by atoms with Gasteiger partial charge in [-0.05, 0) is 59.5 Å². The van der Waals surface area contributed by atoms with Crippen molar-refractivity contribution in [3.63, 3.8) is 0 Å². The van der Waals surface area contributed by atoms with Crippen molar-refractivity contribution in [2.24, 2.45) is 0 Å². The Hall–Kier alpha value is -4.33. The molecular weight excluding hydrogens is 530 g/mol. The molecule has 7 heteroatoms. The van der Waals surface area contributed by atoms with E-state index in [0.717, 1.165) is 44.3 Å². The van der Waals surface area contributed by atoms with Crippen LogP contribution in [0.3, 0.4) is 0 Å². The summed E-state index contributed by atoms with van der Waals surface area (Å²) in [6.45, 7) is 4.29. The normalized spacial score (nSPS) is 14.0. The molecule has 0 fully saturated rings. The number of carbonyl (C=O) groups is 1. The van der Waals surface area contributed by atoms with Crippen molar-refractivity contribution in [3.05, 3.63) is 124 Å². The van der Waals surface area contributed by atoms with E-state index in [1.165, 1.54) is 5.56 Å². The summed E-state index contributed by atoms with van der Waals surface area (Å²) in [6.07, 6.45) is 4.37. The van der Waals surface area contributed by atoms with Gasteiger partial charge < -0.3 is 14.4 Å². The second-order valence-electron chi connectivity index (χ2n) is 10.1. The first-order chi connectivity index (χ1) is 20.1. The topological polar surface area (TPSA) is 64.6 Å². The maximum absolute atomic E-state index is 13.6. The van der Waals surface area contributed by atoms with Crippen molar-refractivity contribution in [2.75, 3.05) is 26.4 Å². The first-order valence-electron chi connectivity index (χ1n) is 13.8. The highest BCUT2D eigenvalue weighted by Gasteiger charge is 2.18. The van der Waals surface area contributed by atoms with Crippen molar-refractivity contribution in [2.45, 2.75) is 19.9 Å². The van der Waals surface area contributed by atoms with E-state index >= 15 is 0 Å². The molecule has 1 aliphatic rings. The Bertz CT molecular complexity index is 1630. The number of rotatable bonds is 3. The third kappa shape index (κ3) is 6.53. The summed E-state index contributed by atoms with van der Waals surface area (Å²) in [5.41, 5.74) is 8.10. The first kappa shape index (κ1) is 26.9. The van der Waals surface area contributed by atoms with Gasteiger partial charge >= 0.3 is 0 Å². The molecule has 0 atom stereocenters. The van der Waals surface area contributed by atoms with Crippen LogP contribution in [0.1, 0.15) is 32.1 Å². The molecule has 0 saturated heterocycles. The molecule has 6 rings (SSSR count). The van der Waals surface area contributed by atoms with Crippen molar-refractivity contribution in [3.8, 4) is 28.1 Å². The summed E-state index contributed by atoms with van der Waals surface area (Å²) in [6, 6.07) is 26.5. The Morgan fingerprint density at radius 1 is 0.878 bits per heavy atom. The van der Waals surface area contributed by atoms with Crippen LogP contribution in [0, 0.1) is 6.92 Å². The molecule has 0 N–H and O–H groups in total. The van der Waals surface area contributed by atoms with E-state index < -0.39 is 0 Å². The van der Waals surface area contributed by atoms with Crippen molar-refractivity contribution < 1.29 is 14.3 Å². The largest absolute Gasteiger partial charge is 0.491 e. The fourth-order valence-electron chi connectivity index (χ4n) is 5.05. The van der Waals surface area contributed by atoms with Gasteiger partial charge in [0.05, 0.1) is 23.9 Å². The predicted molar refractivity (Wildman–Crippen MR) is 162 cm³/mol. The zero-order valence-electron chi connectivity index (χ0n) is 23.0. The lowest BCUT2D eigenvalue weighted by Gasteiger charge is -2.24. The number of fused-ring (bicyclic) bond motifs is 3. The van der Waals surface area contributed by atoms with Crippen LogP contribution in [0.15, 0.2) is 96.6 Å². The SMILES string of the molecule is Cc1nc(-c2ccc(C(=O)N3CCOCCOc4ccc(-c5cccnc5)cc4Cc4cccc(c4)C3)cc2)cs1. The van der Waals surface area contributed by atoms with E-state index in [-0.39, 0.29) is 5.91 Å². The van der Waals surface area contributed by atoms with Crippen LogP contribution in [-0.2, 0) is 17.7 Å². The number of hydrogen-bond acceptors (Lipinski definition) is 6. The highest BCUT2D eigenvalue weighted by Crippen LogP contribution is 2.29. The van der Waals surface area contributed by atoms with Crippen molar-refractivity contribution in [1.82, 2.24) is 14.9 Å². The van der Waals surface area contributed by atoms with Crippen molar-refractivity contribution in [1.29, 1.82) is 0 Å². The quantitative estimate of drug-likeness (QED) is 0.242. The van der Waals surface area contributed by atoms with Crippen LogP contribution >= 0.6 is 11.3 Å². The fraction of sp³-hybridized carbons (Fsp3) is 0.206. The number of amides is 1. The van der Waals surface area contributed by atoms with E-state index in [0.29, 0.717) is 44.9 Å². The number of benzene rings is 3. The zero-order chi connectivity index (χ0) is 28.0. The van der Waals surface area contributed by atoms with Gasteiger partial charge in [0, 0.05) is 54.0 Å². The van der Waals surface area contributed by atoms with E-state index in [4.69, 9.17) is 9.47 Å². The lowest BCUT2D eigenvalue weighted by Crippen LogP contribution is -2.34. The minimum atomic E-state index is -0.0187. The van der Waals surface area contributed by atoms with Gasteiger partial charge in [-0.1, -0.05) is 48.5 Å². The number of aryl methyl sites for hydroxylation is 1. The van der Waals surface area contributed by atoms with Crippen LogP contribution in [0.5, 0.6) is 5.75 Å². The van der Waals surface area contributed by atoms with Crippen LogP contribution in [0.2, 0.25) is 0 Å². The minimum Gasteiger partial charge on any atom is -0.491 e. The monoisotopic (exact) mass is 561 g/mol. The Morgan fingerprint density at radius 3 is 2.54 bits per heavy atom. The Labute approximate surface area is 244 Å². The van der Waals surface area contributed by atoms with Gasteiger partial charge in [0.1, 0.15) is 12.4 Å². The molecule has 2 aromatic heterocycles. The van der Waals surface area contributed by atoms with Crippen LogP contribution in [-0.4, -0.2) is 47.1 Å². The van der Waals surface area contributed by atoms with Gasteiger partial charge in [0.2, 0.25) is 0 Å². The zero-order valence-corrected chi connectivity index (χ0v) is 23.8. The standard InChI is InChI=1S/C34H31N3O3S/c1-24-36-32(23-41-24)27-7-9-28(10-8-27)34(38)37-14-15-39-16-17-40-33-12-11-29(30-6-3-13-35-21-30)20-31(33)19-25-4-2-5-26(18-25)22-37/h2-13,18,20-21,23H,14-17,19,22H2,1H3. The minimum absolute atomic E-state index is 0.0187. The molecule has 41 heavy (non-hydrogen) atoms. The summed E-state index contributed by atoms with van der Waals surface area (Å²) >= 11 is 1.62.